The molecular formula is C34H21N3. The van der Waals surface area contributed by atoms with Gasteiger partial charge in [-0.2, -0.15) is 5.26 Å². The summed E-state index contributed by atoms with van der Waals surface area (Å²) in [4.78, 5) is 4.22. The van der Waals surface area contributed by atoms with Gasteiger partial charge in [-0.1, -0.05) is 84.9 Å². The molecule has 0 saturated heterocycles. The van der Waals surface area contributed by atoms with Crippen LogP contribution in [0, 0.1) is 11.3 Å². The SMILES string of the molecule is N#Cc1cncc(-c2ccc(-c3cc4c(c5ccccc35)c3ccccc3n4-c3ccccc3)cc2)c1. The summed E-state index contributed by atoms with van der Waals surface area (Å²) in [5.74, 6) is 0. The van der Waals surface area contributed by atoms with Crippen LogP contribution >= 0.6 is 0 Å². The minimum atomic E-state index is 0.562. The third-order valence-corrected chi connectivity index (χ3v) is 7.09. The molecule has 0 bridgehead atoms. The quantitative estimate of drug-likeness (QED) is 0.259. The van der Waals surface area contributed by atoms with E-state index in [9.17, 15) is 5.26 Å². The summed E-state index contributed by atoms with van der Waals surface area (Å²) in [5.41, 5.74) is 8.42. The fourth-order valence-electron chi connectivity index (χ4n) is 5.43. The van der Waals surface area contributed by atoms with Crippen LogP contribution in [-0.4, -0.2) is 9.55 Å². The third-order valence-electron chi connectivity index (χ3n) is 7.09. The molecule has 0 spiro atoms. The molecule has 0 saturated carbocycles. The molecule has 0 radical (unpaired) electrons. The molecule has 2 aromatic heterocycles. The number of nitriles is 1. The lowest BCUT2D eigenvalue weighted by molar-refractivity contribution is 1.18. The summed E-state index contributed by atoms with van der Waals surface area (Å²) in [7, 11) is 0. The van der Waals surface area contributed by atoms with Crippen LogP contribution in [0.3, 0.4) is 0 Å². The van der Waals surface area contributed by atoms with Gasteiger partial charge in [-0.15, -0.1) is 0 Å². The van der Waals surface area contributed by atoms with E-state index in [0.717, 1.165) is 22.4 Å². The van der Waals surface area contributed by atoms with Gasteiger partial charge < -0.3 is 4.57 Å². The van der Waals surface area contributed by atoms with Crippen molar-refractivity contribution in [2.45, 2.75) is 0 Å². The van der Waals surface area contributed by atoms with Crippen molar-refractivity contribution < 1.29 is 0 Å². The number of nitrogens with zero attached hydrogens (tertiary/aromatic N) is 3. The Morgan fingerprint density at radius 2 is 1.24 bits per heavy atom. The Bertz CT molecular complexity index is 1970. The number of hydrogen-bond donors (Lipinski definition) is 0. The average Bonchev–Trinajstić information content (AvgIpc) is 3.32. The highest BCUT2D eigenvalue weighted by molar-refractivity contribution is 6.24. The summed E-state index contributed by atoms with van der Waals surface area (Å²) in [6.07, 6.45) is 3.39. The largest absolute Gasteiger partial charge is 0.309 e. The Morgan fingerprint density at radius 3 is 2.03 bits per heavy atom. The molecule has 37 heavy (non-hydrogen) atoms. The Morgan fingerprint density at radius 1 is 0.568 bits per heavy atom. The summed E-state index contributed by atoms with van der Waals surface area (Å²) in [6.45, 7) is 0. The number of aromatic nitrogens is 2. The summed E-state index contributed by atoms with van der Waals surface area (Å²) < 4.78 is 2.37. The number of fused-ring (bicyclic) bond motifs is 5. The first-order valence-corrected chi connectivity index (χ1v) is 12.3. The minimum Gasteiger partial charge on any atom is -0.309 e. The molecule has 0 atom stereocenters. The number of para-hydroxylation sites is 2. The number of hydrogen-bond acceptors (Lipinski definition) is 2. The van der Waals surface area contributed by atoms with Crippen LogP contribution in [0.1, 0.15) is 5.56 Å². The van der Waals surface area contributed by atoms with Gasteiger partial charge in [0.05, 0.1) is 16.6 Å². The van der Waals surface area contributed by atoms with Gasteiger partial charge >= 0.3 is 0 Å². The van der Waals surface area contributed by atoms with Gasteiger partial charge in [0.25, 0.3) is 0 Å². The maximum atomic E-state index is 9.25. The monoisotopic (exact) mass is 471 g/mol. The second kappa shape index (κ2) is 8.48. The van der Waals surface area contributed by atoms with Gasteiger partial charge in [0.2, 0.25) is 0 Å². The molecule has 3 nitrogen and oxygen atoms in total. The predicted molar refractivity (Wildman–Crippen MR) is 152 cm³/mol. The lowest BCUT2D eigenvalue weighted by atomic mass is 9.93. The summed E-state index contributed by atoms with van der Waals surface area (Å²) in [5, 5.41) is 14.3. The smallest absolute Gasteiger partial charge is 0.101 e. The topological polar surface area (TPSA) is 41.6 Å². The van der Waals surface area contributed by atoms with Crippen molar-refractivity contribution >= 4 is 32.6 Å². The standard InChI is InChI=1S/C34H21N3/c35-20-23-18-26(22-36-21-23)24-14-16-25(17-15-24)31-19-33-34(29-11-5-4-10-28(29)31)30-12-6-7-13-32(30)37(33)27-8-2-1-3-9-27/h1-19,21-22H. The lowest BCUT2D eigenvalue weighted by Crippen LogP contribution is -1.94. The normalized spacial score (nSPS) is 11.2. The van der Waals surface area contributed by atoms with Crippen molar-refractivity contribution in [1.82, 2.24) is 9.55 Å². The van der Waals surface area contributed by atoms with Crippen molar-refractivity contribution in [3.63, 3.8) is 0 Å². The van der Waals surface area contributed by atoms with E-state index in [1.165, 1.54) is 38.1 Å². The van der Waals surface area contributed by atoms with Crippen LogP contribution in [-0.2, 0) is 0 Å². The Labute approximate surface area is 214 Å². The molecular weight excluding hydrogens is 450 g/mol. The maximum absolute atomic E-state index is 9.25. The third kappa shape index (κ3) is 3.39. The van der Waals surface area contributed by atoms with Gasteiger partial charge in [-0.25, -0.2) is 0 Å². The first-order valence-electron chi connectivity index (χ1n) is 12.3. The van der Waals surface area contributed by atoms with Crippen molar-refractivity contribution in [1.29, 1.82) is 5.26 Å². The molecule has 0 amide bonds. The first kappa shape index (κ1) is 21.1. The molecule has 3 heteroatoms. The Balaban J connectivity index is 1.50. The van der Waals surface area contributed by atoms with E-state index in [1.807, 2.05) is 6.07 Å². The molecule has 0 N–H and O–H groups in total. The van der Waals surface area contributed by atoms with E-state index in [-0.39, 0.29) is 0 Å². The summed E-state index contributed by atoms with van der Waals surface area (Å²) >= 11 is 0. The highest BCUT2D eigenvalue weighted by Crippen LogP contribution is 2.41. The number of rotatable bonds is 3. The molecule has 0 aliphatic rings. The number of benzene rings is 5. The zero-order valence-corrected chi connectivity index (χ0v) is 20.0. The fourth-order valence-corrected chi connectivity index (χ4v) is 5.43. The van der Waals surface area contributed by atoms with E-state index in [0.29, 0.717) is 5.56 Å². The van der Waals surface area contributed by atoms with E-state index in [4.69, 9.17) is 0 Å². The van der Waals surface area contributed by atoms with E-state index in [1.54, 1.807) is 12.4 Å². The van der Waals surface area contributed by atoms with E-state index >= 15 is 0 Å². The molecule has 0 fully saturated rings. The molecule has 172 valence electrons. The predicted octanol–water partition coefficient (Wildman–Crippen LogP) is 8.54. The second-order valence-corrected chi connectivity index (χ2v) is 9.20. The van der Waals surface area contributed by atoms with Crippen LogP contribution in [0.4, 0.5) is 0 Å². The van der Waals surface area contributed by atoms with Crippen LogP contribution in [0.5, 0.6) is 0 Å². The summed E-state index contributed by atoms with van der Waals surface area (Å²) in [6, 6.07) is 42.8. The molecule has 5 aromatic carbocycles. The maximum Gasteiger partial charge on any atom is 0.101 e. The van der Waals surface area contributed by atoms with Gasteiger partial charge in [-0.05, 0) is 57.8 Å². The molecule has 2 heterocycles. The molecule has 0 aliphatic carbocycles. The van der Waals surface area contributed by atoms with Gasteiger partial charge in [0, 0.05) is 34.4 Å². The van der Waals surface area contributed by atoms with E-state index in [2.05, 4.69) is 125 Å². The molecule has 7 rings (SSSR count). The zero-order valence-electron chi connectivity index (χ0n) is 20.0. The van der Waals surface area contributed by atoms with Crippen molar-refractivity contribution in [3.05, 3.63) is 133 Å². The first-order chi connectivity index (χ1) is 18.3. The van der Waals surface area contributed by atoms with Crippen LogP contribution < -0.4 is 0 Å². The van der Waals surface area contributed by atoms with Crippen molar-refractivity contribution in [2.24, 2.45) is 0 Å². The van der Waals surface area contributed by atoms with Crippen LogP contribution in [0.15, 0.2) is 128 Å². The second-order valence-electron chi connectivity index (χ2n) is 9.20. The highest BCUT2D eigenvalue weighted by Gasteiger charge is 2.17. The van der Waals surface area contributed by atoms with Crippen LogP contribution in [0.25, 0.3) is 60.5 Å². The Hall–Kier alpha value is -5.20. The lowest BCUT2D eigenvalue weighted by Gasteiger charge is -2.12. The fraction of sp³-hybridized carbons (Fsp3) is 0. The van der Waals surface area contributed by atoms with Crippen molar-refractivity contribution in [3.8, 4) is 34.0 Å². The molecule has 0 aliphatic heterocycles. The van der Waals surface area contributed by atoms with Crippen molar-refractivity contribution in [2.75, 3.05) is 0 Å². The molecule has 7 aromatic rings. The van der Waals surface area contributed by atoms with Gasteiger partial charge in [-0.3, -0.25) is 4.98 Å². The number of pyridine rings is 1. The molecule has 0 unspecified atom stereocenters. The van der Waals surface area contributed by atoms with E-state index < -0.39 is 0 Å². The average molecular weight is 472 g/mol. The minimum absolute atomic E-state index is 0.562. The Kier molecular flexibility index (Phi) is 4.84. The zero-order chi connectivity index (χ0) is 24.8. The highest BCUT2D eigenvalue weighted by atomic mass is 15.0. The van der Waals surface area contributed by atoms with Gasteiger partial charge in [0.15, 0.2) is 0 Å². The van der Waals surface area contributed by atoms with Crippen LogP contribution in [0.2, 0.25) is 0 Å². The van der Waals surface area contributed by atoms with Gasteiger partial charge in [0.1, 0.15) is 6.07 Å².